The Balaban J connectivity index is 0.00000162. The molecule has 0 saturated carbocycles. The highest BCUT2D eigenvalue weighted by Gasteiger charge is 2.12. The van der Waals surface area contributed by atoms with Crippen LogP contribution in [-0.4, -0.2) is 29.7 Å². The van der Waals surface area contributed by atoms with Crippen LogP contribution in [0.25, 0.3) is 0 Å². The van der Waals surface area contributed by atoms with E-state index in [1.165, 1.54) is 19.3 Å². The molecule has 1 aliphatic rings. The largest absolute Gasteiger partial charge is 0.463 e. The van der Waals surface area contributed by atoms with Gasteiger partial charge in [-0.05, 0) is 44.7 Å². The molecule has 1 fully saturated rings. The maximum atomic E-state index is 5.69. The molecular weight excluding hydrogens is 273 g/mol. The summed E-state index contributed by atoms with van der Waals surface area (Å²) in [7, 11) is 0. The van der Waals surface area contributed by atoms with E-state index >= 15 is 0 Å². The molecule has 102 valence electrons. The van der Waals surface area contributed by atoms with Crippen LogP contribution in [-0.2, 0) is 0 Å². The van der Waals surface area contributed by atoms with Gasteiger partial charge < -0.3 is 10.1 Å². The predicted octanol–water partition coefficient (Wildman–Crippen LogP) is 2.71. The topological polar surface area (TPSA) is 47.0 Å². The quantitative estimate of drug-likeness (QED) is 0.848. The minimum absolute atomic E-state index is 0. The summed E-state index contributed by atoms with van der Waals surface area (Å²) in [5.41, 5.74) is 0. The normalized spacial score (nSPS) is 16.1. The summed E-state index contributed by atoms with van der Waals surface area (Å²) in [6.45, 7) is 3.00. The first-order chi connectivity index (χ1) is 8.34. The van der Waals surface area contributed by atoms with Crippen LogP contribution in [0.5, 0.6) is 6.01 Å². The van der Waals surface area contributed by atoms with E-state index < -0.39 is 0 Å². The summed E-state index contributed by atoms with van der Waals surface area (Å²) in [5, 5.41) is 3.91. The van der Waals surface area contributed by atoms with Crippen molar-refractivity contribution < 1.29 is 4.74 Å². The fourth-order valence-corrected chi connectivity index (χ4v) is 2.18. The van der Waals surface area contributed by atoms with Crippen LogP contribution in [0.2, 0.25) is 5.02 Å². The molecule has 0 aliphatic carbocycles. The standard InChI is InChI=1S/C12H18ClN3O.ClH/c13-11-8-15-12(16-9-11)17-7-1-2-10-3-5-14-6-4-10;/h8-10,14H,1-7H2;1H. The lowest BCUT2D eigenvalue weighted by atomic mass is 9.93. The molecule has 6 heteroatoms. The predicted molar refractivity (Wildman–Crippen MR) is 74.6 cm³/mol. The number of rotatable bonds is 5. The van der Waals surface area contributed by atoms with Gasteiger partial charge in [-0.3, -0.25) is 0 Å². The van der Waals surface area contributed by atoms with Crippen LogP contribution in [0.4, 0.5) is 0 Å². The second-order valence-electron chi connectivity index (χ2n) is 4.37. The van der Waals surface area contributed by atoms with Gasteiger partial charge in [-0.15, -0.1) is 12.4 Å². The van der Waals surface area contributed by atoms with Crippen molar-refractivity contribution in [1.29, 1.82) is 0 Å². The molecule has 0 bridgehead atoms. The Morgan fingerprint density at radius 1 is 1.28 bits per heavy atom. The molecule has 4 nitrogen and oxygen atoms in total. The minimum atomic E-state index is 0. The zero-order valence-electron chi connectivity index (χ0n) is 10.3. The number of halogens is 2. The Morgan fingerprint density at radius 2 is 1.94 bits per heavy atom. The van der Waals surface area contributed by atoms with Crippen LogP contribution in [0.1, 0.15) is 25.7 Å². The second-order valence-corrected chi connectivity index (χ2v) is 4.80. The van der Waals surface area contributed by atoms with Gasteiger partial charge in [0.2, 0.25) is 0 Å². The van der Waals surface area contributed by atoms with Crippen molar-refractivity contribution in [2.45, 2.75) is 25.7 Å². The lowest BCUT2D eigenvalue weighted by Gasteiger charge is -2.22. The third kappa shape index (κ3) is 5.38. The monoisotopic (exact) mass is 291 g/mol. The van der Waals surface area contributed by atoms with E-state index in [4.69, 9.17) is 16.3 Å². The number of nitrogens with zero attached hydrogens (tertiary/aromatic N) is 2. The van der Waals surface area contributed by atoms with Gasteiger partial charge in [0.25, 0.3) is 0 Å². The van der Waals surface area contributed by atoms with Crippen molar-refractivity contribution in [1.82, 2.24) is 15.3 Å². The van der Waals surface area contributed by atoms with E-state index in [1.54, 1.807) is 12.4 Å². The number of piperidine rings is 1. The summed E-state index contributed by atoms with van der Waals surface area (Å²) in [6.07, 6.45) is 7.98. The molecule has 0 radical (unpaired) electrons. The van der Waals surface area contributed by atoms with Gasteiger partial charge in [0.1, 0.15) is 0 Å². The molecule has 0 spiro atoms. The van der Waals surface area contributed by atoms with Crippen molar-refractivity contribution in [3.63, 3.8) is 0 Å². The summed E-state index contributed by atoms with van der Waals surface area (Å²) >= 11 is 5.69. The zero-order chi connectivity index (χ0) is 11.9. The Labute approximate surface area is 119 Å². The molecule has 18 heavy (non-hydrogen) atoms. The number of hydrogen-bond acceptors (Lipinski definition) is 4. The SMILES string of the molecule is Cl.Clc1cnc(OCCCC2CCNCC2)nc1. The number of aromatic nitrogens is 2. The number of nitrogens with one attached hydrogen (secondary N) is 1. The van der Waals surface area contributed by atoms with Gasteiger partial charge in [0.05, 0.1) is 24.0 Å². The van der Waals surface area contributed by atoms with Crippen LogP contribution in [0, 0.1) is 5.92 Å². The molecule has 1 aliphatic heterocycles. The fourth-order valence-electron chi connectivity index (χ4n) is 2.08. The molecule has 0 amide bonds. The van der Waals surface area contributed by atoms with Crippen molar-refractivity contribution in [2.75, 3.05) is 19.7 Å². The van der Waals surface area contributed by atoms with Gasteiger partial charge in [-0.25, -0.2) is 9.97 Å². The summed E-state index contributed by atoms with van der Waals surface area (Å²) in [5.74, 6) is 0.853. The van der Waals surface area contributed by atoms with Crippen LogP contribution >= 0.6 is 24.0 Å². The highest BCUT2D eigenvalue weighted by Crippen LogP contribution is 2.17. The summed E-state index contributed by atoms with van der Waals surface area (Å²) in [4.78, 5) is 7.97. The second kappa shape index (κ2) is 8.51. The van der Waals surface area contributed by atoms with E-state index in [0.717, 1.165) is 25.4 Å². The van der Waals surface area contributed by atoms with Gasteiger partial charge >= 0.3 is 6.01 Å². The van der Waals surface area contributed by atoms with Crippen molar-refractivity contribution >= 4 is 24.0 Å². The van der Waals surface area contributed by atoms with Gasteiger partial charge in [0.15, 0.2) is 0 Å². The fraction of sp³-hybridized carbons (Fsp3) is 0.667. The van der Waals surface area contributed by atoms with Gasteiger partial charge in [-0.2, -0.15) is 0 Å². The maximum Gasteiger partial charge on any atom is 0.316 e. The van der Waals surface area contributed by atoms with Crippen molar-refractivity contribution in [3.8, 4) is 6.01 Å². The smallest absolute Gasteiger partial charge is 0.316 e. The highest BCUT2D eigenvalue weighted by atomic mass is 35.5. The lowest BCUT2D eigenvalue weighted by Crippen LogP contribution is -2.27. The van der Waals surface area contributed by atoms with Crippen LogP contribution in [0.3, 0.4) is 0 Å². The van der Waals surface area contributed by atoms with Crippen molar-refractivity contribution in [2.24, 2.45) is 5.92 Å². The average molecular weight is 292 g/mol. The lowest BCUT2D eigenvalue weighted by molar-refractivity contribution is 0.258. The Kier molecular flexibility index (Phi) is 7.32. The molecule has 1 aromatic heterocycles. The molecule has 0 unspecified atom stereocenters. The number of ether oxygens (including phenoxy) is 1. The minimum Gasteiger partial charge on any atom is -0.463 e. The molecule has 1 N–H and O–H groups in total. The molecule has 1 saturated heterocycles. The first-order valence-corrected chi connectivity index (χ1v) is 6.53. The first kappa shape index (κ1) is 15.5. The number of hydrogen-bond donors (Lipinski definition) is 1. The van der Waals surface area contributed by atoms with E-state index in [9.17, 15) is 0 Å². The molecular formula is C12H19Cl2N3O. The van der Waals surface area contributed by atoms with Gasteiger partial charge in [0, 0.05) is 0 Å². The highest BCUT2D eigenvalue weighted by molar-refractivity contribution is 6.30. The van der Waals surface area contributed by atoms with E-state index in [0.29, 0.717) is 17.6 Å². The Morgan fingerprint density at radius 3 is 2.61 bits per heavy atom. The van der Waals surface area contributed by atoms with Crippen LogP contribution in [0.15, 0.2) is 12.4 Å². The van der Waals surface area contributed by atoms with Gasteiger partial charge in [-0.1, -0.05) is 11.6 Å². The third-order valence-electron chi connectivity index (χ3n) is 3.04. The molecule has 2 rings (SSSR count). The first-order valence-electron chi connectivity index (χ1n) is 6.15. The molecule has 2 heterocycles. The molecule has 1 aromatic rings. The summed E-state index contributed by atoms with van der Waals surface area (Å²) < 4.78 is 5.46. The Hall–Kier alpha value is -0.580. The van der Waals surface area contributed by atoms with Crippen molar-refractivity contribution in [3.05, 3.63) is 17.4 Å². The zero-order valence-corrected chi connectivity index (χ0v) is 11.8. The molecule has 0 aromatic carbocycles. The Bertz CT molecular complexity index is 329. The third-order valence-corrected chi connectivity index (χ3v) is 3.24. The van der Waals surface area contributed by atoms with E-state index in [2.05, 4.69) is 15.3 Å². The molecule has 0 atom stereocenters. The average Bonchev–Trinajstić information content (AvgIpc) is 2.38. The van der Waals surface area contributed by atoms with E-state index in [1.807, 2.05) is 0 Å². The van der Waals surface area contributed by atoms with E-state index in [-0.39, 0.29) is 12.4 Å². The van der Waals surface area contributed by atoms with Crippen LogP contribution < -0.4 is 10.1 Å². The maximum absolute atomic E-state index is 5.69. The summed E-state index contributed by atoms with van der Waals surface area (Å²) in [6, 6.07) is 0.416.